The van der Waals surface area contributed by atoms with Crippen molar-refractivity contribution in [2.45, 2.75) is 19.3 Å². The van der Waals surface area contributed by atoms with E-state index in [2.05, 4.69) is 20.3 Å². The maximum absolute atomic E-state index is 12.4. The van der Waals surface area contributed by atoms with Crippen LogP contribution >= 0.6 is 11.3 Å². The molecule has 0 saturated carbocycles. The monoisotopic (exact) mass is 386 g/mol. The molecule has 0 radical (unpaired) electrons. The molecule has 0 bridgehead atoms. The molecule has 7 nitrogen and oxygen atoms in total. The summed E-state index contributed by atoms with van der Waals surface area (Å²) in [6.07, 6.45) is 9.96. The van der Waals surface area contributed by atoms with E-state index >= 15 is 0 Å². The third-order valence-electron chi connectivity index (χ3n) is 4.45. The Morgan fingerprint density at radius 1 is 1.41 bits per heavy atom. The zero-order valence-corrected chi connectivity index (χ0v) is 16.7. The molecule has 2 aromatic rings. The molecule has 1 saturated heterocycles. The van der Waals surface area contributed by atoms with E-state index < -0.39 is 0 Å². The number of hydrogen-bond donors (Lipinski definition) is 1. The second-order valence-electron chi connectivity index (χ2n) is 7.02. The fourth-order valence-corrected chi connectivity index (χ4v) is 3.71. The number of aromatic nitrogens is 3. The lowest BCUT2D eigenvalue weighted by Crippen LogP contribution is -2.39. The number of carbonyl (C=O) groups is 1. The number of piperidine rings is 1. The summed E-state index contributed by atoms with van der Waals surface area (Å²) in [7, 11) is 3.98. The standard InChI is InChI=1S/C19H26N6OS/c1-24(2)8-4-6-18(26)25-9-3-5-15(13-25)11-16-12-17(22-14-21-16)23-19-20-7-10-27-19/h4,6-7,10,12,14-15H,3,5,8-9,11,13H2,1-2H3,(H,20,21,22,23)/b6-4+/t15-/m1/s1. The van der Waals surface area contributed by atoms with Crippen LogP contribution in [0, 0.1) is 5.92 Å². The summed E-state index contributed by atoms with van der Waals surface area (Å²) in [6, 6.07) is 1.97. The molecular formula is C19H26N6OS. The highest BCUT2D eigenvalue weighted by molar-refractivity contribution is 7.13. The highest BCUT2D eigenvalue weighted by Gasteiger charge is 2.23. The second kappa shape index (κ2) is 9.57. The van der Waals surface area contributed by atoms with Gasteiger partial charge in [0.1, 0.15) is 12.1 Å². The Bertz CT molecular complexity index is 761. The lowest BCUT2D eigenvalue weighted by atomic mass is 9.93. The summed E-state index contributed by atoms with van der Waals surface area (Å²) in [5, 5.41) is 5.94. The quantitative estimate of drug-likeness (QED) is 0.737. The molecule has 1 fully saturated rings. The Kier molecular flexibility index (Phi) is 6.89. The Labute approximate surface area is 164 Å². The molecule has 1 atom stereocenters. The second-order valence-corrected chi connectivity index (χ2v) is 7.91. The molecule has 0 aliphatic carbocycles. The summed E-state index contributed by atoms with van der Waals surface area (Å²) in [6.45, 7) is 2.39. The van der Waals surface area contributed by atoms with Gasteiger partial charge in [0.2, 0.25) is 5.91 Å². The Morgan fingerprint density at radius 3 is 3.07 bits per heavy atom. The lowest BCUT2D eigenvalue weighted by Gasteiger charge is -2.32. The molecule has 0 unspecified atom stereocenters. The van der Waals surface area contributed by atoms with Crippen molar-refractivity contribution >= 4 is 28.2 Å². The fourth-order valence-electron chi connectivity index (χ4n) is 3.17. The van der Waals surface area contributed by atoms with Crippen molar-refractivity contribution in [1.29, 1.82) is 0 Å². The van der Waals surface area contributed by atoms with Gasteiger partial charge in [-0.2, -0.15) is 0 Å². The third-order valence-corrected chi connectivity index (χ3v) is 5.14. The molecule has 1 N–H and O–H groups in total. The first kappa shape index (κ1) is 19.4. The fraction of sp³-hybridized carbons (Fsp3) is 0.474. The minimum absolute atomic E-state index is 0.107. The van der Waals surface area contributed by atoms with Gasteiger partial charge in [-0.1, -0.05) is 6.08 Å². The molecule has 0 spiro atoms. The molecule has 27 heavy (non-hydrogen) atoms. The minimum Gasteiger partial charge on any atom is -0.339 e. The summed E-state index contributed by atoms with van der Waals surface area (Å²) in [5.74, 6) is 1.29. The summed E-state index contributed by atoms with van der Waals surface area (Å²) in [4.78, 5) is 29.3. The van der Waals surface area contributed by atoms with Gasteiger partial charge in [0, 0.05) is 49.0 Å². The topological polar surface area (TPSA) is 74.2 Å². The number of likely N-dealkylation sites (tertiary alicyclic amines) is 1. The number of nitrogens with zero attached hydrogens (tertiary/aromatic N) is 5. The summed E-state index contributed by atoms with van der Waals surface area (Å²) >= 11 is 1.53. The number of hydrogen-bond acceptors (Lipinski definition) is 7. The van der Waals surface area contributed by atoms with Crippen LogP contribution in [0.15, 0.2) is 36.1 Å². The average molecular weight is 387 g/mol. The summed E-state index contributed by atoms with van der Waals surface area (Å²) in [5.41, 5.74) is 0.992. The van der Waals surface area contributed by atoms with E-state index in [0.29, 0.717) is 5.92 Å². The molecule has 2 aromatic heterocycles. The predicted molar refractivity (Wildman–Crippen MR) is 108 cm³/mol. The van der Waals surface area contributed by atoms with Gasteiger partial charge in [-0.25, -0.2) is 15.0 Å². The van der Waals surface area contributed by atoms with Crippen LogP contribution in [0.25, 0.3) is 0 Å². The van der Waals surface area contributed by atoms with Crippen molar-refractivity contribution in [3.8, 4) is 0 Å². The lowest BCUT2D eigenvalue weighted by molar-refractivity contribution is -0.127. The highest BCUT2D eigenvalue weighted by Crippen LogP contribution is 2.22. The molecule has 1 aliphatic heterocycles. The highest BCUT2D eigenvalue weighted by atomic mass is 32.1. The van der Waals surface area contributed by atoms with Gasteiger partial charge in [0.25, 0.3) is 0 Å². The number of likely N-dealkylation sites (N-methyl/N-ethyl adjacent to an activating group) is 1. The molecule has 0 aromatic carbocycles. The normalized spacial score (nSPS) is 17.6. The first-order valence-corrected chi connectivity index (χ1v) is 10.1. The minimum atomic E-state index is 0.107. The first-order chi connectivity index (χ1) is 13.1. The molecule has 8 heteroatoms. The van der Waals surface area contributed by atoms with Gasteiger partial charge in [-0.15, -0.1) is 11.3 Å². The van der Waals surface area contributed by atoms with Crippen molar-refractivity contribution in [2.24, 2.45) is 5.92 Å². The van der Waals surface area contributed by atoms with Gasteiger partial charge in [-0.3, -0.25) is 4.79 Å². The Morgan fingerprint density at radius 2 is 2.30 bits per heavy atom. The van der Waals surface area contributed by atoms with Crippen LogP contribution in [0.4, 0.5) is 10.9 Å². The van der Waals surface area contributed by atoms with Gasteiger partial charge in [-0.05, 0) is 39.3 Å². The zero-order valence-electron chi connectivity index (χ0n) is 15.8. The summed E-state index contributed by atoms with van der Waals surface area (Å²) < 4.78 is 0. The molecule has 3 rings (SSSR count). The van der Waals surface area contributed by atoms with E-state index in [4.69, 9.17) is 0 Å². The van der Waals surface area contributed by atoms with E-state index in [1.807, 2.05) is 41.4 Å². The number of amides is 1. The SMILES string of the molecule is CN(C)C/C=C/C(=O)N1CCC[C@H](Cc2cc(Nc3nccs3)ncn2)C1. The van der Waals surface area contributed by atoms with Gasteiger partial charge in [0.05, 0.1) is 0 Å². The number of rotatable bonds is 7. The van der Waals surface area contributed by atoms with Crippen LogP contribution in [0.2, 0.25) is 0 Å². The van der Waals surface area contributed by atoms with Gasteiger partial charge < -0.3 is 15.1 Å². The van der Waals surface area contributed by atoms with Crippen LogP contribution in [0.1, 0.15) is 18.5 Å². The van der Waals surface area contributed by atoms with Gasteiger partial charge in [0.15, 0.2) is 5.13 Å². The number of nitrogens with one attached hydrogen (secondary N) is 1. The van der Waals surface area contributed by atoms with Crippen molar-refractivity contribution in [3.05, 3.63) is 41.8 Å². The van der Waals surface area contributed by atoms with Crippen LogP contribution in [0.5, 0.6) is 0 Å². The molecule has 3 heterocycles. The maximum Gasteiger partial charge on any atom is 0.246 e. The van der Waals surface area contributed by atoms with Gasteiger partial charge >= 0.3 is 0 Å². The molecule has 1 aliphatic rings. The smallest absolute Gasteiger partial charge is 0.246 e. The van der Waals surface area contributed by atoms with E-state index in [9.17, 15) is 4.79 Å². The van der Waals surface area contributed by atoms with E-state index in [1.165, 1.54) is 11.3 Å². The van der Waals surface area contributed by atoms with Crippen molar-refractivity contribution in [1.82, 2.24) is 24.8 Å². The average Bonchev–Trinajstić information content (AvgIpc) is 3.15. The van der Waals surface area contributed by atoms with Crippen LogP contribution in [-0.4, -0.2) is 64.4 Å². The molecular weight excluding hydrogens is 360 g/mol. The van der Waals surface area contributed by atoms with E-state index in [0.717, 1.165) is 55.5 Å². The number of anilines is 2. The van der Waals surface area contributed by atoms with Crippen molar-refractivity contribution < 1.29 is 4.79 Å². The predicted octanol–water partition coefficient (Wildman–Crippen LogP) is 2.58. The maximum atomic E-state index is 12.4. The van der Waals surface area contributed by atoms with Crippen molar-refractivity contribution in [2.75, 3.05) is 39.0 Å². The van der Waals surface area contributed by atoms with E-state index in [1.54, 1.807) is 18.6 Å². The first-order valence-electron chi connectivity index (χ1n) is 9.18. The largest absolute Gasteiger partial charge is 0.339 e. The number of carbonyl (C=O) groups excluding carboxylic acids is 1. The third kappa shape index (κ3) is 6.11. The van der Waals surface area contributed by atoms with Crippen LogP contribution in [0.3, 0.4) is 0 Å². The van der Waals surface area contributed by atoms with Crippen molar-refractivity contribution in [3.63, 3.8) is 0 Å². The van der Waals surface area contributed by atoms with Crippen LogP contribution in [-0.2, 0) is 11.2 Å². The number of thiazole rings is 1. The Hall–Kier alpha value is -2.32. The van der Waals surface area contributed by atoms with E-state index in [-0.39, 0.29) is 5.91 Å². The molecule has 1 amide bonds. The Balaban J connectivity index is 1.56. The zero-order chi connectivity index (χ0) is 19.1. The van der Waals surface area contributed by atoms with Crippen LogP contribution < -0.4 is 5.32 Å². The molecule has 144 valence electrons.